The highest BCUT2D eigenvalue weighted by Crippen LogP contribution is 2.23. The molecule has 24 heavy (non-hydrogen) atoms. The van der Waals surface area contributed by atoms with E-state index in [1.165, 1.54) is 6.92 Å². The molecule has 0 saturated heterocycles. The van der Waals surface area contributed by atoms with E-state index in [2.05, 4.69) is 15.6 Å². The van der Waals surface area contributed by atoms with Gasteiger partial charge in [0.15, 0.2) is 0 Å². The largest absolute Gasteiger partial charge is 0.480 e. The number of carbonyl (C=O) groups is 3. The second-order valence-corrected chi connectivity index (χ2v) is 6.13. The summed E-state index contributed by atoms with van der Waals surface area (Å²) in [5.41, 5.74) is 1.43. The Kier molecular flexibility index (Phi) is 5.23. The highest BCUT2D eigenvalue weighted by Gasteiger charge is 2.22. The summed E-state index contributed by atoms with van der Waals surface area (Å²) in [7, 11) is 0. The lowest BCUT2D eigenvalue weighted by Crippen LogP contribution is -2.41. The third kappa shape index (κ3) is 4.13. The first-order chi connectivity index (χ1) is 11.3. The second kappa shape index (κ2) is 7.16. The molecule has 2 aromatic rings. The van der Waals surface area contributed by atoms with Gasteiger partial charge in [0.1, 0.15) is 11.7 Å². The second-order valence-electron chi connectivity index (χ2n) is 6.13. The molecule has 0 bridgehead atoms. The number of aromatic nitrogens is 1. The molecule has 128 valence electrons. The highest BCUT2D eigenvalue weighted by molar-refractivity contribution is 6.04. The predicted octanol–water partition coefficient (Wildman–Crippen LogP) is 2.36. The summed E-state index contributed by atoms with van der Waals surface area (Å²) >= 11 is 0. The number of anilines is 1. The van der Waals surface area contributed by atoms with Crippen molar-refractivity contribution in [1.82, 2.24) is 10.3 Å². The standard InChI is InChI=1S/C17H21N3O4/c1-9(2)7-14(17(23)24)20-16(22)13-8-11-5-4-6-12(15(11)19-13)18-10(3)21/h4-6,8-9,14,19H,7H2,1-3H3,(H,18,21)(H,20,22)(H,23,24)/t14-/m1/s1. The Bertz CT molecular complexity index is 779. The molecule has 0 aliphatic carbocycles. The van der Waals surface area contributed by atoms with E-state index in [0.717, 1.165) is 5.39 Å². The smallest absolute Gasteiger partial charge is 0.326 e. The third-order valence-corrected chi connectivity index (χ3v) is 3.52. The monoisotopic (exact) mass is 331 g/mol. The van der Waals surface area contributed by atoms with E-state index < -0.39 is 17.9 Å². The van der Waals surface area contributed by atoms with Crippen LogP contribution in [0.4, 0.5) is 5.69 Å². The number of carboxylic acid groups (broad SMARTS) is 1. The van der Waals surface area contributed by atoms with Gasteiger partial charge in [-0.25, -0.2) is 4.79 Å². The lowest BCUT2D eigenvalue weighted by molar-refractivity contribution is -0.139. The van der Waals surface area contributed by atoms with Gasteiger partial charge in [-0.2, -0.15) is 0 Å². The van der Waals surface area contributed by atoms with Gasteiger partial charge in [0.05, 0.1) is 11.2 Å². The third-order valence-electron chi connectivity index (χ3n) is 3.52. The molecule has 7 nitrogen and oxygen atoms in total. The molecular weight excluding hydrogens is 310 g/mol. The van der Waals surface area contributed by atoms with Gasteiger partial charge in [-0.15, -0.1) is 0 Å². The number of carboxylic acids is 1. The fourth-order valence-electron chi connectivity index (χ4n) is 2.50. The Hall–Kier alpha value is -2.83. The molecule has 0 radical (unpaired) electrons. The van der Waals surface area contributed by atoms with Gasteiger partial charge in [0, 0.05) is 12.3 Å². The molecule has 0 unspecified atom stereocenters. The van der Waals surface area contributed by atoms with Crippen molar-refractivity contribution in [3.8, 4) is 0 Å². The summed E-state index contributed by atoms with van der Waals surface area (Å²) in [5.74, 6) is -1.63. The summed E-state index contributed by atoms with van der Waals surface area (Å²) < 4.78 is 0. The van der Waals surface area contributed by atoms with Crippen LogP contribution in [-0.2, 0) is 9.59 Å². The number of rotatable bonds is 6. The molecule has 2 amide bonds. The summed E-state index contributed by atoms with van der Waals surface area (Å²) in [5, 5.41) is 15.2. The first-order valence-electron chi connectivity index (χ1n) is 7.71. The van der Waals surface area contributed by atoms with Gasteiger partial charge in [-0.1, -0.05) is 26.0 Å². The summed E-state index contributed by atoms with van der Waals surface area (Å²) in [6.07, 6.45) is 0.346. The van der Waals surface area contributed by atoms with Crippen LogP contribution in [0.3, 0.4) is 0 Å². The minimum atomic E-state index is -1.06. The van der Waals surface area contributed by atoms with Crippen molar-refractivity contribution in [2.45, 2.75) is 33.2 Å². The molecule has 2 rings (SSSR count). The lowest BCUT2D eigenvalue weighted by Gasteiger charge is -2.15. The summed E-state index contributed by atoms with van der Waals surface area (Å²) in [4.78, 5) is 37.8. The number of carbonyl (C=O) groups excluding carboxylic acids is 2. The van der Waals surface area contributed by atoms with Crippen LogP contribution < -0.4 is 10.6 Å². The fraction of sp³-hybridized carbons (Fsp3) is 0.353. The first kappa shape index (κ1) is 17.5. The molecule has 1 aromatic carbocycles. The average molecular weight is 331 g/mol. The van der Waals surface area contributed by atoms with E-state index in [1.807, 2.05) is 13.8 Å². The van der Waals surface area contributed by atoms with Crippen molar-refractivity contribution >= 4 is 34.4 Å². The Morgan fingerprint density at radius 1 is 1.25 bits per heavy atom. The van der Waals surface area contributed by atoms with Crippen molar-refractivity contribution in [1.29, 1.82) is 0 Å². The number of hydrogen-bond donors (Lipinski definition) is 4. The zero-order chi connectivity index (χ0) is 17.9. The number of aliphatic carboxylic acids is 1. The van der Waals surface area contributed by atoms with E-state index in [9.17, 15) is 19.5 Å². The molecule has 0 spiro atoms. The summed E-state index contributed by atoms with van der Waals surface area (Å²) in [6.45, 7) is 5.19. The predicted molar refractivity (Wildman–Crippen MR) is 90.9 cm³/mol. The van der Waals surface area contributed by atoms with Crippen LogP contribution in [-0.4, -0.2) is 33.9 Å². The number of H-pyrrole nitrogens is 1. The van der Waals surface area contributed by atoms with Crippen LogP contribution in [0.25, 0.3) is 10.9 Å². The number of fused-ring (bicyclic) bond motifs is 1. The molecule has 0 aliphatic rings. The van der Waals surface area contributed by atoms with Crippen LogP contribution in [0, 0.1) is 5.92 Å². The molecule has 1 atom stereocenters. The van der Waals surface area contributed by atoms with Crippen LogP contribution in [0.5, 0.6) is 0 Å². The van der Waals surface area contributed by atoms with Crippen molar-refractivity contribution in [3.05, 3.63) is 30.0 Å². The Morgan fingerprint density at radius 3 is 2.54 bits per heavy atom. The normalized spacial score (nSPS) is 12.2. The number of benzene rings is 1. The zero-order valence-corrected chi connectivity index (χ0v) is 13.8. The van der Waals surface area contributed by atoms with E-state index in [1.54, 1.807) is 24.3 Å². The Balaban J connectivity index is 2.26. The number of aromatic amines is 1. The number of para-hydroxylation sites is 1. The van der Waals surface area contributed by atoms with Crippen LogP contribution >= 0.6 is 0 Å². The van der Waals surface area contributed by atoms with E-state index in [4.69, 9.17) is 0 Å². The maximum absolute atomic E-state index is 12.4. The fourth-order valence-corrected chi connectivity index (χ4v) is 2.50. The van der Waals surface area contributed by atoms with Crippen molar-refractivity contribution < 1.29 is 19.5 Å². The van der Waals surface area contributed by atoms with Crippen LogP contribution in [0.15, 0.2) is 24.3 Å². The summed E-state index contributed by atoms with van der Waals surface area (Å²) in [6, 6.07) is 5.97. The maximum Gasteiger partial charge on any atom is 0.326 e. The quantitative estimate of drug-likeness (QED) is 0.651. The Morgan fingerprint density at radius 2 is 1.96 bits per heavy atom. The van der Waals surface area contributed by atoms with E-state index in [0.29, 0.717) is 17.6 Å². The first-order valence-corrected chi connectivity index (χ1v) is 7.71. The van der Waals surface area contributed by atoms with Gasteiger partial charge in [-0.05, 0) is 24.5 Å². The van der Waals surface area contributed by atoms with Crippen molar-refractivity contribution in [2.75, 3.05) is 5.32 Å². The minimum Gasteiger partial charge on any atom is -0.480 e. The van der Waals surface area contributed by atoms with E-state index in [-0.39, 0.29) is 17.5 Å². The number of hydrogen-bond acceptors (Lipinski definition) is 3. The van der Waals surface area contributed by atoms with Crippen LogP contribution in [0.2, 0.25) is 0 Å². The van der Waals surface area contributed by atoms with Crippen molar-refractivity contribution in [3.63, 3.8) is 0 Å². The average Bonchev–Trinajstić information content (AvgIpc) is 2.90. The van der Waals surface area contributed by atoms with Gasteiger partial charge in [0.2, 0.25) is 5.91 Å². The molecule has 0 saturated carbocycles. The zero-order valence-electron chi connectivity index (χ0n) is 13.8. The number of nitrogens with one attached hydrogen (secondary N) is 3. The van der Waals surface area contributed by atoms with Gasteiger partial charge in [-0.3, -0.25) is 9.59 Å². The Labute approximate surface area is 139 Å². The molecular formula is C17H21N3O4. The van der Waals surface area contributed by atoms with Gasteiger partial charge < -0.3 is 20.7 Å². The van der Waals surface area contributed by atoms with Crippen LogP contribution in [0.1, 0.15) is 37.7 Å². The number of amides is 2. The molecule has 7 heteroatoms. The minimum absolute atomic E-state index is 0.139. The SMILES string of the molecule is CC(=O)Nc1cccc2cc(C(=O)N[C@H](CC(C)C)C(=O)O)[nH]c12. The highest BCUT2D eigenvalue weighted by atomic mass is 16.4. The topological polar surface area (TPSA) is 111 Å². The molecule has 1 aromatic heterocycles. The van der Waals surface area contributed by atoms with E-state index >= 15 is 0 Å². The molecule has 0 fully saturated rings. The lowest BCUT2D eigenvalue weighted by atomic mass is 10.0. The van der Waals surface area contributed by atoms with Crippen molar-refractivity contribution in [2.24, 2.45) is 5.92 Å². The molecule has 4 N–H and O–H groups in total. The molecule has 0 aliphatic heterocycles. The van der Waals surface area contributed by atoms with Gasteiger partial charge in [0.25, 0.3) is 5.91 Å². The van der Waals surface area contributed by atoms with Gasteiger partial charge >= 0.3 is 5.97 Å². The maximum atomic E-state index is 12.4. The molecule has 1 heterocycles.